The van der Waals surface area contributed by atoms with Crippen LogP contribution in [-0.2, 0) is 6.54 Å². The molecule has 3 aromatic rings. The predicted octanol–water partition coefficient (Wildman–Crippen LogP) is 5.23. The zero-order valence-electron chi connectivity index (χ0n) is 17.0. The van der Waals surface area contributed by atoms with E-state index in [2.05, 4.69) is 58.2 Å². The number of hydrogen-bond acceptors (Lipinski definition) is 4. The van der Waals surface area contributed by atoms with Gasteiger partial charge in [-0.2, -0.15) is 0 Å². The Morgan fingerprint density at radius 3 is 2.72 bits per heavy atom. The molecule has 3 N–H and O–H groups in total. The molecule has 29 heavy (non-hydrogen) atoms. The summed E-state index contributed by atoms with van der Waals surface area (Å²) in [4.78, 5) is 7.05. The highest BCUT2D eigenvalue weighted by Crippen LogP contribution is 2.24. The summed E-state index contributed by atoms with van der Waals surface area (Å²) in [5, 5.41) is 5.55. The van der Waals surface area contributed by atoms with E-state index in [9.17, 15) is 0 Å². The minimum Gasteiger partial charge on any atom is -0.399 e. The van der Waals surface area contributed by atoms with E-state index in [1.165, 1.54) is 31.5 Å². The van der Waals surface area contributed by atoms with Crippen molar-refractivity contribution in [1.29, 1.82) is 0 Å². The Bertz CT molecular complexity index is 1060. The molecule has 4 heteroatoms. The van der Waals surface area contributed by atoms with Gasteiger partial charge in [0.05, 0.1) is 0 Å². The van der Waals surface area contributed by atoms with E-state index in [0.717, 1.165) is 45.7 Å². The third kappa shape index (κ3) is 4.49. The van der Waals surface area contributed by atoms with Crippen molar-refractivity contribution in [3.8, 4) is 0 Å². The minimum absolute atomic E-state index is 0.775. The van der Waals surface area contributed by atoms with Gasteiger partial charge in [0.15, 0.2) is 0 Å². The Hall–Kier alpha value is -3.11. The standard InChI is InChI=1S/C25H28N4/c1-3-24(26)21-9-10-22-16-27-25(15-23(22)14-21)28-18(2)20-8-6-7-19(13-20)17-29-11-4-5-12-29/h3,6-10,13-16H,2,4-5,11-12,17,26H2,1H3,(H,27,28)/b24-3-. The van der Waals surface area contributed by atoms with Crippen LogP contribution in [0.15, 0.2) is 67.4 Å². The number of anilines is 1. The number of hydrogen-bond donors (Lipinski definition) is 2. The van der Waals surface area contributed by atoms with Crippen LogP contribution < -0.4 is 11.1 Å². The van der Waals surface area contributed by atoms with Gasteiger partial charge in [0.1, 0.15) is 5.82 Å². The lowest BCUT2D eigenvalue weighted by molar-refractivity contribution is 0.331. The summed E-state index contributed by atoms with van der Waals surface area (Å²) in [6.45, 7) is 9.59. The number of rotatable bonds is 6. The van der Waals surface area contributed by atoms with Gasteiger partial charge < -0.3 is 11.1 Å². The van der Waals surface area contributed by atoms with E-state index in [4.69, 9.17) is 5.73 Å². The first-order valence-corrected chi connectivity index (χ1v) is 10.2. The lowest BCUT2D eigenvalue weighted by Gasteiger charge is -2.16. The van der Waals surface area contributed by atoms with Gasteiger partial charge in [-0.05, 0) is 73.1 Å². The number of nitrogens with one attached hydrogen (secondary N) is 1. The molecule has 0 spiro atoms. The lowest BCUT2D eigenvalue weighted by atomic mass is 10.1. The summed E-state index contributed by atoms with van der Waals surface area (Å²) >= 11 is 0. The number of fused-ring (bicyclic) bond motifs is 1. The average Bonchev–Trinajstić information content (AvgIpc) is 3.26. The van der Waals surface area contributed by atoms with E-state index >= 15 is 0 Å². The third-order valence-electron chi connectivity index (χ3n) is 5.53. The van der Waals surface area contributed by atoms with Crippen LogP contribution in [0.25, 0.3) is 22.2 Å². The maximum atomic E-state index is 6.06. The minimum atomic E-state index is 0.775. The van der Waals surface area contributed by atoms with Gasteiger partial charge in [0.2, 0.25) is 0 Å². The zero-order chi connectivity index (χ0) is 20.2. The van der Waals surface area contributed by atoms with Crippen molar-refractivity contribution in [2.24, 2.45) is 5.73 Å². The smallest absolute Gasteiger partial charge is 0.130 e. The number of benzene rings is 2. The van der Waals surface area contributed by atoms with Crippen molar-refractivity contribution in [2.45, 2.75) is 26.3 Å². The van der Waals surface area contributed by atoms with Crippen LogP contribution in [0.5, 0.6) is 0 Å². The van der Waals surface area contributed by atoms with Gasteiger partial charge in [-0.3, -0.25) is 4.90 Å². The van der Waals surface area contributed by atoms with E-state index in [-0.39, 0.29) is 0 Å². The maximum Gasteiger partial charge on any atom is 0.130 e. The maximum absolute atomic E-state index is 6.06. The molecule has 1 saturated heterocycles. The number of aromatic nitrogens is 1. The van der Waals surface area contributed by atoms with Gasteiger partial charge in [-0.15, -0.1) is 0 Å². The second-order valence-electron chi connectivity index (χ2n) is 7.66. The molecule has 2 heterocycles. The Kier molecular flexibility index (Phi) is 5.63. The van der Waals surface area contributed by atoms with Gasteiger partial charge in [-0.25, -0.2) is 4.98 Å². The molecule has 1 aromatic heterocycles. The Labute approximate surface area is 172 Å². The molecule has 0 amide bonds. The third-order valence-corrected chi connectivity index (χ3v) is 5.53. The largest absolute Gasteiger partial charge is 0.399 e. The molecule has 1 aliphatic heterocycles. The molecule has 4 nitrogen and oxygen atoms in total. The average molecular weight is 385 g/mol. The van der Waals surface area contributed by atoms with E-state index in [1.54, 1.807) is 0 Å². The Morgan fingerprint density at radius 2 is 1.93 bits per heavy atom. The predicted molar refractivity (Wildman–Crippen MR) is 123 cm³/mol. The number of nitrogens with two attached hydrogens (primary N) is 1. The summed E-state index contributed by atoms with van der Waals surface area (Å²) in [6, 6.07) is 16.8. The van der Waals surface area contributed by atoms with E-state index in [1.807, 2.05) is 31.3 Å². The molecule has 0 atom stereocenters. The van der Waals surface area contributed by atoms with Gasteiger partial charge in [0.25, 0.3) is 0 Å². The van der Waals surface area contributed by atoms with Crippen molar-refractivity contribution in [3.05, 3.63) is 84.1 Å². The van der Waals surface area contributed by atoms with Crippen molar-refractivity contribution < 1.29 is 0 Å². The Balaban J connectivity index is 1.52. The summed E-state index contributed by atoms with van der Waals surface area (Å²) < 4.78 is 0. The topological polar surface area (TPSA) is 54.2 Å². The van der Waals surface area contributed by atoms with Crippen LogP contribution in [0, 0.1) is 0 Å². The fourth-order valence-electron chi connectivity index (χ4n) is 3.84. The molecule has 0 radical (unpaired) electrons. The highest BCUT2D eigenvalue weighted by Gasteiger charge is 2.12. The van der Waals surface area contributed by atoms with Crippen molar-refractivity contribution in [3.63, 3.8) is 0 Å². The van der Waals surface area contributed by atoms with Crippen molar-refractivity contribution in [2.75, 3.05) is 18.4 Å². The zero-order valence-corrected chi connectivity index (χ0v) is 17.0. The second-order valence-corrected chi connectivity index (χ2v) is 7.66. The van der Waals surface area contributed by atoms with Crippen molar-refractivity contribution in [1.82, 2.24) is 9.88 Å². The molecule has 2 aromatic carbocycles. The van der Waals surface area contributed by atoms with Crippen LogP contribution in [0.3, 0.4) is 0 Å². The molecule has 0 bridgehead atoms. The van der Waals surface area contributed by atoms with Crippen LogP contribution in [-0.4, -0.2) is 23.0 Å². The normalized spacial score (nSPS) is 15.0. The van der Waals surface area contributed by atoms with Crippen LogP contribution in [0.2, 0.25) is 0 Å². The van der Waals surface area contributed by atoms with Gasteiger partial charge in [-0.1, -0.05) is 43.0 Å². The molecule has 0 unspecified atom stereocenters. The summed E-state index contributed by atoms with van der Waals surface area (Å²) in [7, 11) is 0. The first-order chi connectivity index (χ1) is 14.1. The highest BCUT2D eigenvalue weighted by molar-refractivity contribution is 5.88. The number of pyridine rings is 1. The molecule has 1 aliphatic rings. The number of allylic oxidation sites excluding steroid dienone is 1. The molecule has 0 saturated carbocycles. The molecule has 1 fully saturated rings. The van der Waals surface area contributed by atoms with Crippen molar-refractivity contribution >= 4 is 28.0 Å². The summed E-state index contributed by atoms with van der Waals surface area (Å²) in [5.74, 6) is 0.781. The first kappa shape index (κ1) is 19.2. The van der Waals surface area contributed by atoms with Crippen LogP contribution in [0.4, 0.5) is 5.82 Å². The number of likely N-dealkylation sites (tertiary alicyclic amines) is 1. The first-order valence-electron chi connectivity index (χ1n) is 10.2. The fraction of sp³-hybridized carbons (Fsp3) is 0.240. The summed E-state index contributed by atoms with van der Waals surface area (Å²) in [5.41, 5.74) is 11.1. The highest BCUT2D eigenvalue weighted by atomic mass is 15.1. The number of nitrogens with zero attached hydrogens (tertiary/aromatic N) is 2. The second kappa shape index (κ2) is 8.50. The van der Waals surface area contributed by atoms with Gasteiger partial charge >= 0.3 is 0 Å². The monoisotopic (exact) mass is 384 g/mol. The molecule has 0 aliphatic carbocycles. The molecule has 4 rings (SSSR count). The van der Waals surface area contributed by atoms with Gasteiger partial charge in [0, 0.05) is 29.5 Å². The molecular formula is C25H28N4. The van der Waals surface area contributed by atoms with Crippen LogP contribution >= 0.6 is 0 Å². The molecular weight excluding hydrogens is 356 g/mol. The van der Waals surface area contributed by atoms with E-state index in [0.29, 0.717) is 0 Å². The van der Waals surface area contributed by atoms with E-state index < -0.39 is 0 Å². The fourth-order valence-corrected chi connectivity index (χ4v) is 3.84. The summed E-state index contributed by atoms with van der Waals surface area (Å²) in [6.07, 6.45) is 6.41. The van der Waals surface area contributed by atoms with Crippen LogP contribution in [0.1, 0.15) is 36.5 Å². The SMILES string of the molecule is C=C(Nc1cc2cc(/C(N)=C/C)ccc2cn1)c1cccc(CN2CCCC2)c1. The Morgan fingerprint density at radius 1 is 1.10 bits per heavy atom. The quantitative estimate of drug-likeness (QED) is 0.611. The molecule has 148 valence electrons. The lowest BCUT2D eigenvalue weighted by Crippen LogP contribution is -2.18.